The number of thiazole rings is 1. The molecule has 0 saturated heterocycles. The number of carboxylic acids is 1. The van der Waals surface area contributed by atoms with Crippen molar-refractivity contribution in [2.45, 2.75) is 19.8 Å². The number of aryl methyl sites for hydroxylation is 1. The first kappa shape index (κ1) is 20.5. The van der Waals surface area contributed by atoms with Gasteiger partial charge in [0, 0.05) is 34.9 Å². The zero-order chi connectivity index (χ0) is 22.4. The Morgan fingerprint density at radius 2 is 2.09 bits per heavy atom. The number of hydrogen-bond acceptors (Lipinski definition) is 6. The molecule has 0 fully saturated rings. The van der Waals surface area contributed by atoms with Gasteiger partial charge >= 0.3 is 5.97 Å². The second-order valence-corrected chi connectivity index (χ2v) is 9.13. The average Bonchev–Trinajstić information content (AvgIpc) is 3.34. The van der Waals surface area contributed by atoms with Gasteiger partial charge in [0.15, 0.2) is 5.13 Å². The zero-order valence-corrected chi connectivity index (χ0v) is 19.2. The number of amides is 1. The van der Waals surface area contributed by atoms with E-state index in [4.69, 9.17) is 5.10 Å². The third-order valence-corrected chi connectivity index (χ3v) is 6.80. The second kappa shape index (κ2) is 7.95. The number of benzene rings is 1. The molecule has 1 aliphatic carbocycles. The van der Waals surface area contributed by atoms with Crippen molar-refractivity contribution in [1.82, 2.24) is 19.7 Å². The van der Waals surface area contributed by atoms with Crippen LogP contribution in [0, 0.1) is 0 Å². The van der Waals surface area contributed by atoms with Crippen LogP contribution in [0.5, 0.6) is 0 Å². The first-order chi connectivity index (χ1) is 15.4. The molecule has 0 unspecified atom stereocenters. The highest BCUT2D eigenvalue weighted by Gasteiger charge is 2.30. The van der Waals surface area contributed by atoms with Crippen LogP contribution in [0.2, 0.25) is 0 Å². The molecule has 1 aliphatic rings. The Hall–Kier alpha value is -3.37. The minimum Gasteiger partial charge on any atom is -0.478 e. The lowest BCUT2D eigenvalue weighted by molar-refractivity contribution is -0.114. The molecule has 2 N–H and O–H groups in total. The molecule has 3 aromatic heterocycles. The SMILES string of the molecule is CC(=O)Nc1nc2c(s1)-c1c(c(-c3cccnc3)nn1-c1ccc(C(=O)O)cc1Br)CC2. The Morgan fingerprint density at radius 1 is 1.25 bits per heavy atom. The molecule has 4 aromatic rings. The Bertz CT molecular complexity index is 1380. The molecule has 0 bridgehead atoms. The molecular weight excluding hydrogens is 494 g/mol. The molecule has 8 nitrogen and oxygen atoms in total. The molecule has 0 spiro atoms. The standard InChI is InChI=1S/C22H16BrN5O3S/c1-11(29)25-22-26-16-6-5-14-18(13-3-2-8-24-10-13)27-28(19(14)20(16)32-22)17-7-4-12(21(30)31)9-15(17)23/h2-4,7-10H,5-6H2,1H3,(H,30,31)(H,25,26,29). The average molecular weight is 510 g/mol. The zero-order valence-electron chi connectivity index (χ0n) is 16.8. The number of anilines is 1. The van der Waals surface area contributed by atoms with Gasteiger partial charge in [-0.3, -0.25) is 9.78 Å². The molecule has 160 valence electrons. The van der Waals surface area contributed by atoms with E-state index < -0.39 is 5.97 Å². The second-order valence-electron chi connectivity index (χ2n) is 7.28. The lowest BCUT2D eigenvalue weighted by atomic mass is 9.95. The Kier molecular flexibility index (Phi) is 5.10. The number of hydrogen-bond donors (Lipinski definition) is 2. The number of pyridine rings is 1. The summed E-state index contributed by atoms with van der Waals surface area (Å²) in [5.41, 5.74) is 5.48. The predicted molar refractivity (Wildman–Crippen MR) is 124 cm³/mol. The minimum atomic E-state index is -1.000. The monoisotopic (exact) mass is 509 g/mol. The normalized spacial score (nSPS) is 12.2. The third kappa shape index (κ3) is 3.51. The maximum absolute atomic E-state index is 11.6. The van der Waals surface area contributed by atoms with Crippen LogP contribution in [-0.2, 0) is 17.6 Å². The number of nitrogens with zero attached hydrogens (tertiary/aromatic N) is 4. The van der Waals surface area contributed by atoms with E-state index in [2.05, 4.69) is 31.2 Å². The van der Waals surface area contributed by atoms with E-state index in [1.165, 1.54) is 18.3 Å². The molecular formula is C22H16BrN5O3S. The number of carboxylic acid groups (broad SMARTS) is 1. The lowest BCUT2D eigenvalue weighted by Gasteiger charge is -2.15. The Labute approximate surface area is 195 Å². The fraction of sp³-hybridized carbons (Fsp3) is 0.136. The van der Waals surface area contributed by atoms with Crippen molar-refractivity contribution < 1.29 is 14.7 Å². The van der Waals surface area contributed by atoms with Gasteiger partial charge in [-0.05, 0) is 59.1 Å². The summed E-state index contributed by atoms with van der Waals surface area (Å²) in [4.78, 5) is 32.7. The van der Waals surface area contributed by atoms with Crippen LogP contribution in [0.3, 0.4) is 0 Å². The molecule has 0 saturated carbocycles. The molecule has 0 aliphatic heterocycles. The highest BCUT2D eigenvalue weighted by Crippen LogP contribution is 2.44. The number of halogens is 1. The lowest BCUT2D eigenvalue weighted by Crippen LogP contribution is -2.07. The number of nitrogens with one attached hydrogen (secondary N) is 1. The first-order valence-electron chi connectivity index (χ1n) is 9.75. The molecule has 0 radical (unpaired) electrons. The molecule has 1 amide bonds. The molecule has 0 atom stereocenters. The molecule has 5 rings (SSSR count). The van der Waals surface area contributed by atoms with Gasteiger partial charge in [0.2, 0.25) is 5.91 Å². The summed E-state index contributed by atoms with van der Waals surface area (Å²) < 4.78 is 2.43. The van der Waals surface area contributed by atoms with E-state index in [9.17, 15) is 14.7 Å². The van der Waals surface area contributed by atoms with E-state index in [1.54, 1.807) is 30.6 Å². The summed E-state index contributed by atoms with van der Waals surface area (Å²) in [7, 11) is 0. The molecule has 1 aromatic carbocycles. The van der Waals surface area contributed by atoms with Crippen molar-refractivity contribution in [3.05, 3.63) is 64.0 Å². The number of carbonyl (C=O) groups excluding carboxylic acids is 1. The summed E-state index contributed by atoms with van der Waals surface area (Å²) in [5, 5.41) is 17.6. The fourth-order valence-electron chi connectivity index (χ4n) is 3.79. The number of carbonyl (C=O) groups is 2. The van der Waals surface area contributed by atoms with Gasteiger partial charge in [0.05, 0.1) is 33.2 Å². The summed E-state index contributed by atoms with van der Waals surface area (Å²) in [6.07, 6.45) is 4.97. The highest BCUT2D eigenvalue weighted by atomic mass is 79.9. The summed E-state index contributed by atoms with van der Waals surface area (Å²) in [6, 6.07) is 8.69. The topological polar surface area (TPSA) is 110 Å². The van der Waals surface area contributed by atoms with E-state index in [1.807, 2.05) is 16.8 Å². The number of rotatable bonds is 4. The van der Waals surface area contributed by atoms with Crippen molar-refractivity contribution in [3.8, 4) is 27.5 Å². The van der Waals surface area contributed by atoms with E-state index in [0.29, 0.717) is 15.3 Å². The summed E-state index contributed by atoms with van der Waals surface area (Å²) >= 11 is 4.93. The van der Waals surface area contributed by atoms with Gasteiger partial charge in [-0.25, -0.2) is 14.5 Å². The van der Waals surface area contributed by atoms with Crippen molar-refractivity contribution in [2.75, 3.05) is 5.32 Å². The van der Waals surface area contributed by atoms with Crippen molar-refractivity contribution in [3.63, 3.8) is 0 Å². The molecule has 32 heavy (non-hydrogen) atoms. The fourth-order valence-corrected chi connectivity index (χ4v) is 5.46. The summed E-state index contributed by atoms with van der Waals surface area (Å²) in [5.74, 6) is -1.17. The van der Waals surface area contributed by atoms with Crippen LogP contribution in [0.4, 0.5) is 5.13 Å². The largest absolute Gasteiger partial charge is 0.478 e. The minimum absolute atomic E-state index is 0.173. The van der Waals surface area contributed by atoms with E-state index in [0.717, 1.165) is 45.9 Å². The van der Waals surface area contributed by atoms with E-state index in [-0.39, 0.29) is 11.5 Å². The van der Waals surface area contributed by atoms with Crippen LogP contribution >= 0.6 is 27.3 Å². The van der Waals surface area contributed by atoms with Crippen LogP contribution in [0.15, 0.2) is 47.2 Å². The van der Waals surface area contributed by atoms with Crippen LogP contribution in [0.25, 0.3) is 27.5 Å². The number of aromatic carboxylic acids is 1. The summed E-state index contributed by atoms with van der Waals surface area (Å²) in [6.45, 7) is 1.46. The van der Waals surface area contributed by atoms with Gasteiger partial charge in [-0.15, -0.1) is 0 Å². The van der Waals surface area contributed by atoms with Crippen LogP contribution in [0.1, 0.15) is 28.5 Å². The van der Waals surface area contributed by atoms with Gasteiger partial charge in [-0.2, -0.15) is 5.10 Å². The molecule has 3 heterocycles. The Balaban J connectivity index is 1.75. The third-order valence-electron chi connectivity index (χ3n) is 5.15. The maximum atomic E-state index is 11.6. The maximum Gasteiger partial charge on any atom is 0.335 e. The number of fused-ring (bicyclic) bond motifs is 3. The predicted octanol–water partition coefficient (Wildman–Crippen LogP) is 4.58. The van der Waals surface area contributed by atoms with Gasteiger partial charge < -0.3 is 10.4 Å². The van der Waals surface area contributed by atoms with Gasteiger partial charge in [0.1, 0.15) is 0 Å². The van der Waals surface area contributed by atoms with E-state index >= 15 is 0 Å². The number of aromatic nitrogens is 4. The smallest absolute Gasteiger partial charge is 0.335 e. The van der Waals surface area contributed by atoms with Crippen LogP contribution < -0.4 is 5.32 Å². The first-order valence-corrected chi connectivity index (χ1v) is 11.4. The van der Waals surface area contributed by atoms with Gasteiger partial charge in [-0.1, -0.05) is 11.3 Å². The quantitative estimate of drug-likeness (QED) is 0.416. The van der Waals surface area contributed by atoms with Crippen molar-refractivity contribution >= 4 is 44.3 Å². The molecule has 10 heteroatoms. The highest BCUT2D eigenvalue weighted by molar-refractivity contribution is 9.10. The Morgan fingerprint density at radius 3 is 2.78 bits per heavy atom. The van der Waals surface area contributed by atoms with Crippen LogP contribution in [-0.4, -0.2) is 36.7 Å². The van der Waals surface area contributed by atoms with Gasteiger partial charge in [0.25, 0.3) is 0 Å². The van der Waals surface area contributed by atoms with Crippen molar-refractivity contribution in [2.24, 2.45) is 0 Å². The van der Waals surface area contributed by atoms with Crippen molar-refractivity contribution in [1.29, 1.82) is 0 Å².